The molecule has 0 radical (unpaired) electrons. The number of hydrogen-bond acceptors (Lipinski definition) is 2. The second kappa shape index (κ2) is 6.24. The van der Waals surface area contributed by atoms with Gasteiger partial charge in [0.1, 0.15) is 5.75 Å². The zero-order chi connectivity index (χ0) is 13.0. The Bertz CT molecular complexity index is 356. The maximum atomic E-state index is 5.46. The van der Waals surface area contributed by atoms with E-state index in [-0.39, 0.29) is 0 Å². The van der Waals surface area contributed by atoms with Gasteiger partial charge in [-0.25, -0.2) is 0 Å². The second-order valence-electron chi connectivity index (χ2n) is 5.47. The van der Waals surface area contributed by atoms with Crippen LogP contribution in [-0.2, 0) is 0 Å². The lowest BCUT2D eigenvalue weighted by molar-refractivity contribution is 0.340. The van der Waals surface area contributed by atoms with Crippen molar-refractivity contribution in [1.29, 1.82) is 0 Å². The Morgan fingerprint density at radius 2 is 1.89 bits per heavy atom. The highest BCUT2D eigenvalue weighted by Gasteiger charge is 2.24. The molecule has 0 amide bonds. The van der Waals surface area contributed by atoms with E-state index in [1.165, 1.54) is 24.8 Å². The van der Waals surface area contributed by atoms with Crippen molar-refractivity contribution < 1.29 is 4.74 Å². The second-order valence-corrected chi connectivity index (χ2v) is 5.47. The fourth-order valence-corrected chi connectivity index (χ4v) is 2.46. The zero-order valence-corrected chi connectivity index (χ0v) is 11.8. The molecule has 1 aromatic carbocycles. The highest BCUT2D eigenvalue weighted by atomic mass is 16.5. The van der Waals surface area contributed by atoms with E-state index >= 15 is 0 Å². The first-order valence-corrected chi connectivity index (χ1v) is 7.17. The minimum atomic E-state index is 0.412. The van der Waals surface area contributed by atoms with Gasteiger partial charge >= 0.3 is 0 Å². The van der Waals surface area contributed by atoms with Crippen LogP contribution in [0.1, 0.15) is 51.6 Å². The van der Waals surface area contributed by atoms with Crippen molar-refractivity contribution in [2.45, 2.75) is 52.1 Å². The monoisotopic (exact) mass is 247 g/mol. The number of benzene rings is 1. The van der Waals surface area contributed by atoms with Gasteiger partial charge in [-0.1, -0.05) is 25.0 Å². The molecule has 2 heteroatoms. The molecule has 0 heterocycles. The smallest absolute Gasteiger partial charge is 0.119 e. The van der Waals surface area contributed by atoms with E-state index in [9.17, 15) is 0 Å². The number of rotatable bonds is 7. The van der Waals surface area contributed by atoms with Crippen LogP contribution in [0.3, 0.4) is 0 Å². The lowest BCUT2D eigenvalue weighted by Gasteiger charge is -2.20. The van der Waals surface area contributed by atoms with Crippen LogP contribution in [0.2, 0.25) is 0 Å². The average Bonchev–Trinajstić information content (AvgIpc) is 3.14. The standard InChI is InChI=1S/C16H25NO/c1-4-18-16-9-7-15(8-10-16)13(3)17-12(2)11-14-5-6-14/h7-10,12-14,17H,4-6,11H2,1-3H3. The van der Waals surface area contributed by atoms with Gasteiger partial charge in [0.05, 0.1) is 6.61 Å². The Labute approximate surface area is 111 Å². The average molecular weight is 247 g/mol. The molecule has 1 aromatic rings. The van der Waals surface area contributed by atoms with Crippen molar-refractivity contribution >= 4 is 0 Å². The van der Waals surface area contributed by atoms with E-state index in [0.717, 1.165) is 18.3 Å². The normalized spacial score (nSPS) is 18.4. The topological polar surface area (TPSA) is 21.3 Å². The summed E-state index contributed by atoms with van der Waals surface area (Å²) in [6, 6.07) is 9.46. The third-order valence-electron chi connectivity index (χ3n) is 3.61. The summed E-state index contributed by atoms with van der Waals surface area (Å²) >= 11 is 0. The number of hydrogen-bond donors (Lipinski definition) is 1. The first-order valence-electron chi connectivity index (χ1n) is 7.17. The molecular formula is C16H25NO. The third kappa shape index (κ3) is 4.02. The predicted octanol–water partition coefficient (Wildman–Crippen LogP) is 3.92. The Hall–Kier alpha value is -1.02. The Morgan fingerprint density at radius 3 is 2.44 bits per heavy atom. The lowest BCUT2D eigenvalue weighted by Crippen LogP contribution is -2.29. The summed E-state index contributed by atoms with van der Waals surface area (Å²) in [4.78, 5) is 0. The van der Waals surface area contributed by atoms with E-state index < -0.39 is 0 Å². The lowest BCUT2D eigenvalue weighted by atomic mass is 10.1. The van der Waals surface area contributed by atoms with Gasteiger partial charge < -0.3 is 10.1 Å². The van der Waals surface area contributed by atoms with E-state index in [1.807, 2.05) is 6.92 Å². The van der Waals surface area contributed by atoms with E-state index in [2.05, 4.69) is 43.4 Å². The fraction of sp³-hybridized carbons (Fsp3) is 0.625. The maximum absolute atomic E-state index is 5.46. The molecule has 2 unspecified atom stereocenters. The van der Waals surface area contributed by atoms with Gasteiger partial charge in [0, 0.05) is 12.1 Å². The minimum Gasteiger partial charge on any atom is -0.494 e. The molecule has 0 aliphatic heterocycles. The Balaban J connectivity index is 1.84. The first kappa shape index (κ1) is 13.4. The largest absolute Gasteiger partial charge is 0.494 e. The van der Waals surface area contributed by atoms with Crippen LogP contribution < -0.4 is 10.1 Å². The quantitative estimate of drug-likeness (QED) is 0.788. The van der Waals surface area contributed by atoms with Crippen LogP contribution in [0, 0.1) is 5.92 Å². The third-order valence-corrected chi connectivity index (χ3v) is 3.61. The molecule has 2 nitrogen and oxygen atoms in total. The van der Waals surface area contributed by atoms with Crippen LogP contribution in [0.15, 0.2) is 24.3 Å². The van der Waals surface area contributed by atoms with E-state index in [1.54, 1.807) is 0 Å². The van der Waals surface area contributed by atoms with Gasteiger partial charge in [0.2, 0.25) is 0 Å². The van der Waals surface area contributed by atoms with Gasteiger partial charge in [0.15, 0.2) is 0 Å². The zero-order valence-electron chi connectivity index (χ0n) is 11.8. The number of ether oxygens (including phenoxy) is 1. The Morgan fingerprint density at radius 1 is 1.22 bits per heavy atom. The summed E-state index contributed by atoms with van der Waals surface area (Å²) in [6.07, 6.45) is 4.19. The number of nitrogens with one attached hydrogen (secondary N) is 1. The van der Waals surface area contributed by atoms with E-state index in [0.29, 0.717) is 12.1 Å². The summed E-state index contributed by atoms with van der Waals surface area (Å²) in [6.45, 7) is 7.27. The summed E-state index contributed by atoms with van der Waals surface area (Å²) in [5.74, 6) is 1.94. The fourth-order valence-electron chi connectivity index (χ4n) is 2.46. The van der Waals surface area contributed by atoms with Gasteiger partial charge in [-0.3, -0.25) is 0 Å². The Kier molecular flexibility index (Phi) is 4.65. The molecule has 1 saturated carbocycles. The molecule has 0 saturated heterocycles. The highest BCUT2D eigenvalue weighted by molar-refractivity contribution is 5.28. The molecule has 1 N–H and O–H groups in total. The molecule has 0 bridgehead atoms. The van der Waals surface area contributed by atoms with Crippen LogP contribution in [0.4, 0.5) is 0 Å². The highest BCUT2D eigenvalue weighted by Crippen LogP contribution is 2.33. The van der Waals surface area contributed by atoms with Crippen molar-refractivity contribution in [1.82, 2.24) is 5.32 Å². The van der Waals surface area contributed by atoms with Crippen molar-refractivity contribution in [2.24, 2.45) is 5.92 Å². The molecule has 18 heavy (non-hydrogen) atoms. The molecule has 1 aliphatic rings. The van der Waals surface area contributed by atoms with Gasteiger partial charge in [-0.05, 0) is 50.8 Å². The summed E-state index contributed by atoms with van der Waals surface area (Å²) in [7, 11) is 0. The molecule has 1 aliphatic carbocycles. The van der Waals surface area contributed by atoms with Crippen molar-refractivity contribution in [3.8, 4) is 5.75 Å². The van der Waals surface area contributed by atoms with Crippen molar-refractivity contribution in [3.63, 3.8) is 0 Å². The van der Waals surface area contributed by atoms with Crippen LogP contribution in [-0.4, -0.2) is 12.6 Å². The predicted molar refractivity (Wildman–Crippen MR) is 76.0 cm³/mol. The summed E-state index contributed by atoms with van der Waals surface area (Å²) < 4.78 is 5.46. The summed E-state index contributed by atoms with van der Waals surface area (Å²) in [5.41, 5.74) is 1.33. The summed E-state index contributed by atoms with van der Waals surface area (Å²) in [5, 5.41) is 3.68. The molecule has 0 aromatic heterocycles. The molecule has 100 valence electrons. The van der Waals surface area contributed by atoms with Gasteiger partial charge in [0.25, 0.3) is 0 Å². The van der Waals surface area contributed by atoms with Crippen molar-refractivity contribution in [2.75, 3.05) is 6.61 Å². The minimum absolute atomic E-state index is 0.412. The molecule has 1 fully saturated rings. The van der Waals surface area contributed by atoms with Crippen LogP contribution in [0.5, 0.6) is 5.75 Å². The van der Waals surface area contributed by atoms with Crippen molar-refractivity contribution in [3.05, 3.63) is 29.8 Å². The van der Waals surface area contributed by atoms with Gasteiger partial charge in [-0.2, -0.15) is 0 Å². The van der Waals surface area contributed by atoms with Crippen LogP contribution in [0.25, 0.3) is 0 Å². The molecular weight excluding hydrogens is 222 g/mol. The van der Waals surface area contributed by atoms with Gasteiger partial charge in [-0.15, -0.1) is 0 Å². The first-order chi connectivity index (χ1) is 8.69. The molecule has 2 rings (SSSR count). The maximum Gasteiger partial charge on any atom is 0.119 e. The van der Waals surface area contributed by atoms with Crippen LogP contribution >= 0.6 is 0 Å². The molecule has 0 spiro atoms. The SMILES string of the molecule is CCOc1ccc(C(C)NC(C)CC2CC2)cc1. The molecule has 2 atom stereocenters. The van der Waals surface area contributed by atoms with E-state index in [4.69, 9.17) is 4.74 Å².